The van der Waals surface area contributed by atoms with Crippen molar-refractivity contribution in [3.63, 3.8) is 0 Å². The summed E-state index contributed by atoms with van der Waals surface area (Å²) in [4.78, 5) is 23.9. The van der Waals surface area contributed by atoms with Crippen LogP contribution < -0.4 is 10.6 Å². The van der Waals surface area contributed by atoms with Crippen LogP contribution in [0, 0.1) is 11.6 Å². The Morgan fingerprint density at radius 2 is 1.75 bits per heavy atom. The van der Waals surface area contributed by atoms with Gasteiger partial charge in [-0.05, 0) is 36.4 Å². The van der Waals surface area contributed by atoms with Crippen LogP contribution in [0.3, 0.4) is 0 Å². The largest absolute Gasteiger partial charge is 0.465 e. The van der Waals surface area contributed by atoms with Crippen molar-refractivity contribution in [2.24, 2.45) is 0 Å². The number of nitrogens with zero attached hydrogens (tertiary/aromatic N) is 2. The Labute approximate surface area is 158 Å². The van der Waals surface area contributed by atoms with Crippen LogP contribution in [-0.4, -0.2) is 29.2 Å². The van der Waals surface area contributed by atoms with Gasteiger partial charge in [-0.1, -0.05) is 12.1 Å². The molecule has 0 aliphatic heterocycles. The second-order valence-corrected chi connectivity index (χ2v) is 5.55. The molecule has 0 unspecified atom stereocenters. The van der Waals surface area contributed by atoms with Crippen molar-refractivity contribution < 1.29 is 23.1 Å². The van der Waals surface area contributed by atoms with E-state index in [1.54, 1.807) is 24.3 Å². The third kappa shape index (κ3) is 4.26. The number of benzene rings is 2. The number of methoxy groups -OCH3 is 1. The molecule has 0 radical (unpaired) electrons. The van der Waals surface area contributed by atoms with Gasteiger partial charge in [-0.3, -0.25) is 4.79 Å². The molecule has 2 N–H and O–H groups in total. The summed E-state index contributed by atoms with van der Waals surface area (Å²) >= 11 is 0. The molecule has 3 rings (SSSR count). The van der Waals surface area contributed by atoms with E-state index < -0.39 is 23.5 Å². The molecule has 0 spiro atoms. The van der Waals surface area contributed by atoms with Crippen LogP contribution in [0.4, 0.5) is 26.0 Å². The van der Waals surface area contributed by atoms with E-state index in [4.69, 9.17) is 4.74 Å². The lowest BCUT2D eigenvalue weighted by Crippen LogP contribution is -2.15. The van der Waals surface area contributed by atoms with Gasteiger partial charge in [-0.2, -0.15) is 0 Å². The van der Waals surface area contributed by atoms with E-state index >= 15 is 0 Å². The Balaban J connectivity index is 1.72. The first-order valence-electron chi connectivity index (χ1n) is 8.02. The number of carbonyl (C=O) groups excluding carboxylic acids is 2. The third-order valence-electron chi connectivity index (χ3n) is 3.67. The lowest BCUT2D eigenvalue weighted by molar-refractivity contribution is 0.0601. The standard InChI is InChI=1S/C19H14F2N4O3/c1-28-19(27)12-4-2-3-5-15(12)23-17-9-8-16(24-25-17)18(26)22-11-6-7-13(20)14(21)10-11/h2-10H,1H3,(H,22,26)(H,23,25). The van der Waals surface area contributed by atoms with Crippen molar-refractivity contribution in [1.29, 1.82) is 0 Å². The van der Waals surface area contributed by atoms with E-state index in [0.717, 1.165) is 12.1 Å². The summed E-state index contributed by atoms with van der Waals surface area (Å²) in [7, 11) is 1.28. The highest BCUT2D eigenvalue weighted by Crippen LogP contribution is 2.20. The molecular formula is C19H14F2N4O3. The fraction of sp³-hybridized carbons (Fsp3) is 0.0526. The summed E-state index contributed by atoms with van der Waals surface area (Å²) in [6, 6.07) is 12.5. The second kappa shape index (κ2) is 8.21. The van der Waals surface area contributed by atoms with Gasteiger partial charge in [0.1, 0.15) is 0 Å². The zero-order chi connectivity index (χ0) is 20.1. The first-order chi connectivity index (χ1) is 13.5. The lowest BCUT2D eigenvalue weighted by atomic mass is 10.2. The molecule has 7 nitrogen and oxygen atoms in total. The molecule has 0 saturated carbocycles. The number of hydrogen-bond acceptors (Lipinski definition) is 6. The Bertz CT molecular complexity index is 1030. The van der Waals surface area contributed by atoms with Gasteiger partial charge in [0.05, 0.1) is 18.4 Å². The zero-order valence-electron chi connectivity index (χ0n) is 14.6. The highest BCUT2D eigenvalue weighted by Gasteiger charge is 2.13. The molecular weight excluding hydrogens is 370 g/mol. The molecule has 1 heterocycles. The quantitative estimate of drug-likeness (QED) is 0.654. The number of hydrogen-bond donors (Lipinski definition) is 2. The molecule has 3 aromatic rings. The average Bonchev–Trinajstić information content (AvgIpc) is 2.71. The number of carbonyl (C=O) groups is 2. The van der Waals surface area contributed by atoms with Gasteiger partial charge in [-0.25, -0.2) is 13.6 Å². The average molecular weight is 384 g/mol. The number of anilines is 3. The number of aromatic nitrogens is 2. The Morgan fingerprint density at radius 3 is 2.43 bits per heavy atom. The summed E-state index contributed by atoms with van der Waals surface area (Å²) in [5.74, 6) is -2.95. The van der Waals surface area contributed by atoms with Crippen LogP contribution in [0.25, 0.3) is 0 Å². The molecule has 9 heteroatoms. The molecule has 1 aromatic heterocycles. The van der Waals surface area contributed by atoms with Crippen LogP contribution in [0.1, 0.15) is 20.8 Å². The smallest absolute Gasteiger partial charge is 0.339 e. The van der Waals surface area contributed by atoms with Gasteiger partial charge in [0.2, 0.25) is 0 Å². The number of nitrogens with one attached hydrogen (secondary N) is 2. The van der Waals surface area contributed by atoms with Crippen molar-refractivity contribution in [1.82, 2.24) is 10.2 Å². The predicted molar refractivity (Wildman–Crippen MR) is 97.4 cm³/mol. The molecule has 0 atom stereocenters. The van der Waals surface area contributed by atoms with Gasteiger partial charge in [0.25, 0.3) is 5.91 Å². The van der Waals surface area contributed by atoms with Crippen molar-refractivity contribution in [3.05, 3.63) is 77.5 Å². The minimum Gasteiger partial charge on any atom is -0.465 e. The van der Waals surface area contributed by atoms with Crippen molar-refractivity contribution in [2.45, 2.75) is 0 Å². The zero-order valence-corrected chi connectivity index (χ0v) is 14.6. The fourth-order valence-electron chi connectivity index (χ4n) is 2.31. The normalized spacial score (nSPS) is 10.2. The van der Waals surface area contributed by atoms with E-state index in [2.05, 4.69) is 20.8 Å². The molecule has 2 aromatic carbocycles. The number of rotatable bonds is 5. The molecule has 0 saturated heterocycles. The van der Waals surface area contributed by atoms with E-state index in [1.807, 2.05) is 0 Å². The van der Waals surface area contributed by atoms with E-state index in [9.17, 15) is 18.4 Å². The maximum absolute atomic E-state index is 13.2. The second-order valence-electron chi connectivity index (χ2n) is 5.55. The van der Waals surface area contributed by atoms with Crippen LogP contribution in [-0.2, 0) is 4.74 Å². The molecule has 0 fully saturated rings. The summed E-state index contributed by atoms with van der Waals surface area (Å²) in [6.45, 7) is 0. The molecule has 1 amide bonds. The summed E-state index contributed by atoms with van der Waals surface area (Å²) in [5.41, 5.74) is 0.825. The van der Waals surface area contributed by atoms with Gasteiger partial charge < -0.3 is 15.4 Å². The summed E-state index contributed by atoms with van der Waals surface area (Å²) < 4.78 is 30.9. The SMILES string of the molecule is COC(=O)c1ccccc1Nc1ccc(C(=O)Nc2ccc(F)c(F)c2)nn1. The minimum atomic E-state index is -1.08. The molecule has 0 bridgehead atoms. The van der Waals surface area contributed by atoms with Gasteiger partial charge >= 0.3 is 5.97 Å². The molecule has 28 heavy (non-hydrogen) atoms. The van der Waals surface area contributed by atoms with E-state index in [1.165, 1.54) is 25.3 Å². The van der Waals surface area contributed by atoms with Crippen molar-refractivity contribution in [3.8, 4) is 0 Å². The predicted octanol–water partition coefficient (Wildman–Crippen LogP) is 3.54. The number of ether oxygens (including phenoxy) is 1. The van der Waals surface area contributed by atoms with Crippen LogP contribution >= 0.6 is 0 Å². The lowest BCUT2D eigenvalue weighted by Gasteiger charge is -2.10. The summed E-state index contributed by atoms with van der Waals surface area (Å²) in [6.07, 6.45) is 0. The fourth-order valence-corrected chi connectivity index (χ4v) is 2.31. The monoisotopic (exact) mass is 384 g/mol. The van der Waals surface area contributed by atoms with Gasteiger partial charge in [0.15, 0.2) is 23.1 Å². The highest BCUT2D eigenvalue weighted by atomic mass is 19.2. The first-order valence-corrected chi connectivity index (χ1v) is 8.02. The molecule has 0 aliphatic rings. The van der Waals surface area contributed by atoms with Crippen LogP contribution in [0.2, 0.25) is 0 Å². The number of para-hydroxylation sites is 1. The van der Waals surface area contributed by atoms with Crippen LogP contribution in [0.15, 0.2) is 54.6 Å². The molecule has 142 valence electrons. The van der Waals surface area contributed by atoms with Gasteiger partial charge in [0, 0.05) is 11.8 Å². The van der Waals surface area contributed by atoms with Crippen LogP contribution in [0.5, 0.6) is 0 Å². The Hall–Kier alpha value is -3.88. The Morgan fingerprint density at radius 1 is 0.964 bits per heavy atom. The van der Waals surface area contributed by atoms with Crippen molar-refractivity contribution in [2.75, 3.05) is 17.7 Å². The third-order valence-corrected chi connectivity index (χ3v) is 3.67. The number of esters is 1. The number of amides is 1. The highest BCUT2D eigenvalue weighted by molar-refractivity contribution is 6.02. The maximum Gasteiger partial charge on any atom is 0.339 e. The Kier molecular flexibility index (Phi) is 5.54. The summed E-state index contributed by atoms with van der Waals surface area (Å²) in [5, 5.41) is 13.0. The van der Waals surface area contributed by atoms with E-state index in [-0.39, 0.29) is 11.4 Å². The van der Waals surface area contributed by atoms with Gasteiger partial charge in [-0.15, -0.1) is 10.2 Å². The van der Waals surface area contributed by atoms with Crippen molar-refractivity contribution >= 4 is 29.1 Å². The minimum absolute atomic E-state index is 0.0310. The topological polar surface area (TPSA) is 93.2 Å². The first kappa shape index (κ1) is 18.9. The van der Waals surface area contributed by atoms with E-state index in [0.29, 0.717) is 17.1 Å². The number of halogens is 2. The maximum atomic E-state index is 13.2. The molecule has 0 aliphatic carbocycles.